The second-order valence-electron chi connectivity index (χ2n) is 5.05. The number of benzene rings is 1. The number of rotatable bonds is 6. The highest BCUT2D eigenvalue weighted by atomic mass is 16.2. The second-order valence-corrected chi connectivity index (χ2v) is 5.05. The molecule has 20 heavy (non-hydrogen) atoms. The summed E-state index contributed by atoms with van der Waals surface area (Å²) < 4.78 is 0. The van der Waals surface area contributed by atoms with Gasteiger partial charge in [-0.3, -0.25) is 4.79 Å². The lowest BCUT2D eigenvalue weighted by atomic mass is 10.1. The van der Waals surface area contributed by atoms with Crippen LogP contribution in [0.1, 0.15) is 43.4 Å². The summed E-state index contributed by atoms with van der Waals surface area (Å²) in [5, 5.41) is 7.30. The highest BCUT2D eigenvalue weighted by Crippen LogP contribution is 2.21. The second kappa shape index (κ2) is 7.68. The molecule has 0 heterocycles. The number of nitrogens with one attached hydrogen (secondary N) is 2. The fraction of sp³-hybridized carbons (Fsp3) is 0.500. The van der Waals surface area contributed by atoms with Gasteiger partial charge >= 0.3 is 0 Å². The maximum Gasteiger partial charge on any atom is 0.259 e. The van der Waals surface area contributed by atoms with E-state index in [4.69, 9.17) is 0 Å². The van der Waals surface area contributed by atoms with Gasteiger partial charge in [-0.15, -0.1) is 0 Å². The summed E-state index contributed by atoms with van der Waals surface area (Å²) in [6.07, 6.45) is 1.72. The zero-order valence-corrected chi connectivity index (χ0v) is 13.1. The van der Waals surface area contributed by atoms with Crippen molar-refractivity contribution >= 4 is 17.3 Å². The monoisotopic (exact) mass is 275 g/mol. The van der Waals surface area contributed by atoms with E-state index in [2.05, 4.69) is 34.9 Å². The van der Waals surface area contributed by atoms with Crippen LogP contribution in [0.25, 0.3) is 0 Å². The Labute approximate surface area is 121 Å². The fourth-order valence-corrected chi connectivity index (χ4v) is 2.22. The number of carbonyl (C=O) groups excluding carboxylic acids is 1. The van der Waals surface area contributed by atoms with Crippen LogP contribution in [0.2, 0.25) is 0 Å². The van der Waals surface area contributed by atoms with E-state index in [1.807, 2.05) is 27.7 Å². The van der Waals surface area contributed by atoms with Crippen LogP contribution in [0.15, 0.2) is 17.2 Å². The maximum absolute atomic E-state index is 11.8. The normalized spacial score (nSPS) is 10.1. The molecule has 4 nitrogen and oxygen atoms in total. The van der Waals surface area contributed by atoms with Gasteiger partial charge in [-0.05, 0) is 44.7 Å². The third kappa shape index (κ3) is 4.68. The Balaban J connectivity index is 2.60. The smallest absolute Gasteiger partial charge is 0.259 e. The highest BCUT2D eigenvalue weighted by molar-refractivity contribution is 5.87. The van der Waals surface area contributed by atoms with Crippen LogP contribution in [0.4, 0.5) is 5.69 Å². The molecule has 0 aliphatic carbocycles. The molecular formula is C16H25N3O. The molecule has 1 amide bonds. The Morgan fingerprint density at radius 3 is 2.15 bits per heavy atom. The molecule has 0 aromatic heterocycles. The van der Waals surface area contributed by atoms with E-state index < -0.39 is 0 Å². The lowest BCUT2D eigenvalue weighted by Crippen LogP contribution is -2.27. The van der Waals surface area contributed by atoms with Gasteiger partial charge in [0.2, 0.25) is 0 Å². The van der Waals surface area contributed by atoms with Gasteiger partial charge in [0.1, 0.15) is 0 Å². The van der Waals surface area contributed by atoms with Crippen LogP contribution in [0, 0.1) is 20.8 Å². The number of aryl methyl sites for hydroxylation is 3. The first-order valence-electron chi connectivity index (χ1n) is 7.13. The van der Waals surface area contributed by atoms with Gasteiger partial charge in [-0.25, -0.2) is 5.43 Å². The minimum atomic E-state index is -0.122. The molecule has 0 fully saturated rings. The minimum absolute atomic E-state index is 0.122. The van der Waals surface area contributed by atoms with Gasteiger partial charge in [0.25, 0.3) is 5.91 Å². The molecule has 0 radical (unpaired) electrons. The molecule has 4 heteroatoms. The van der Waals surface area contributed by atoms with Crippen molar-refractivity contribution in [2.24, 2.45) is 5.10 Å². The zero-order chi connectivity index (χ0) is 15.1. The van der Waals surface area contributed by atoms with E-state index in [0.29, 0.717) is 0 Å². The summed E-state index contributed by atoms with van der Waals surface area (Å²) in [5.41, 5.74) is 8.16. The van der Waals surface area contributed by atoms with E-state index in [1.54, 1.807) is 0 Å². The lowest BCUT2D eigenvalue weighted by molar-refractivity contribution is -0.119. The predicted molar refractivity (Wildman–Crippen MR) is 85.3 cm³/mol. The third-order valence-electron chi connectivity index (χ3n) is 3.26. The topological polar surface area (TPSA) is 53.5 Å². The SMILES string of the molecule is CCC(CC)=NNC(=O)CNc1c(C)cc(C)cc1C. The quantitative estimate of drug-likeness (QED) is 0.618. The molecule has 0 aliphatic heterocycles. The highest BCUT2D eigenvalue weighted by Gasteiger charge is 2.06. The first-order valence-corrected chi connectivity index (χ1v) is 7.13. The minimum Gasteiger partial charge on any atom is -0.376 e. The van der Waals surface area contributed by atoms with Crippen molar-refractivity contribution < 1.29 is 4.79 Å². The van der Waals surface area contributed by atoms with E-state index >= 15 is 0 Å². The first-order chi connectivity index (χ1) is 9.47. The van der Waals surface area contributed by atoms with Crippen LogP contribution < -0.4 is 10.7 Å². The Kier molecular flexibility index (Phi) is 6.22. The molecule has 0 bridgehead atoms. The van der Waals surface area contributed by atoms with Gasteiger partial charge in [-0.2, -0.15) is 5.10 Å². The molecule has 0 spiro atoms. The molecular weight excluding hydrogens is 250 g/mol. The Bertz CT molecular complexity index is 477. The number of amides is 1. The maximum atomic E-state index is 11.8. The number of hydrogen-bond donors (Lipinski definition) is 2. The van der Waals surface area contributed by atoms with Crippen molar-refractivity contribution in [1.29, 1.82) is 0 Å². The van der Waals surface area contributed by atoms with Crippen molar-refractivity contribution in [3.05, 3.63) is 28.8 Å². The van der Waals surface area contributed by atoms with E-state index in [0.717, 1.165) is 35.4 Å². The van der Waals surface area contributed by atoms with Gasteiger partial charge in [0.15, 0.2) is 0 Å². The van der Waals surface area contributed by atoms with Crippen molar-refractivity contribution in [2.75, 3.05) is 11.9 Å². The molecule has 0 atom stereocenters. The number of anilines is 1. The van der Waals surface area contributed by atoms with Crippen LogP contribution in [-0.2, 0) is 4.79 Å². The van der Waals surface area contributed by atoms with E-state index in [9.17, 15) is 4.79 Å². The van der Waals surface area contributed by atoms with Crippen LogP contribution in [0.3, 0.4) is 0 Å². The van der Waals surface area contributed by atoms with Crippen LogP contribution in [-0.4, -0.2) is 18.2 Å². The van der Waals surface area contributed by atoms with Gasteiger partial charge in [-0.1, -0.05) is 31.5 Å². The van der Waals surface area contributed by atoms with E-state index in [-0.39, 0.29) is 12.5 Å². The van der Waals surface area contributed by atoms with E-state index in [1.165, 1.54) is 5.56 Å². The van der Waals surface area contributed by atoms with Crippen LogP contribution >= 0.6 is 0 Å². The van der Waals surface area contributed by atoms with Gasteiger partial charge in [0, 0.05) is 11.4 Å². The fourth-order valence-electron chi connectivity index (χ4n) is 2.22. The summed E-state index contributed by atoms with van der Waals surface area (Å²) in [6.45, 7) is 10.5. The molecule has 0 aliphatic rings. The molecule has 110 valence electrons. The van der Waals surface area contributed by atoms with Crippen molar-refractivity contribution in [3.8, 4) is 0 Å². The molecule has 2 N–H and O–H groups in total. The average molecular weight is 275 g/mol. The van der Waals surface area contributed by atoms with Gasteiger partial charge in [0.05, 0.1) is 6.54 Å². The summed E-state index contributed by atoms with van der Waals surface area (Å²) in [5.74, 6) is -0.122. The Morgan fingerprint density at radius 1 is 1.10 bits per heavy atom. The van der Waals surface area contributed by atoms with Crippen molar-refractivity contribution in [2.45, 2.75) is 47.5 Å². The molecule has 0 unspecified atom stereocenters. The summed E-state index contributed by atoms with van der Waals surface area (Å²) in [6, 6.07) is 4.22. The molecule has 1 aromatic rings. The number of hydrogen-bond acceptors (Lipinski definition) is 3. The van der Waals surface area contributed by atoms with Crippen LogP contribution in [0.5, 0.6) is 0 Å². The van der Waals surface area contributed by atoms with Gasteiger partial charge < -0.3 is 5.32 Å². The molecule has 0 saturated carbocycles. The number of nitrogens with zero attached hydrogens (tertiary/aromatic N) is 1. The Hall–Kier alpha value is -1.84. The third-order valence-corrected chi connectivity index (χ3v) is 3.26. The Morgan fingerprint density at radius 2 is 1.65 bits per heavy atom. The summed E-state index contributed by atoms with van der Waals surface area (Å²) >= 11 is 0. The zero-order valence-electron chi connectivity index (χ0n) is 13.1. The number of hydrazone groups is 1. The molecule has 1 aromatic carbocycles. The average Bonchev–Trinajstić information content (AvgIpc) is 2.38. The first kappa shape index (κ1) is 16.2. The largest absolute Gasteiger partial charge is 0.376 e. The predicted octanol–water partition coefficient (Wildman–Crippen LogP) is 3.32. The van der Waals surface area contributed by atoms with Crippen molar-refractivity contribution in [1.82, 2.24) is 5.43 Å². The van der Waals surface area contributed by atoms with Crippen molar-refractivity contribution in [3.63, 3.8) is 0 Å². The number of carbonyl (C=O) groups is 1. The molecule has 0 saturated heterocycles. The molecule has 1 rings (SSSR count). The lowest BCUT2D eigenvalue weighted by Gasteiger charge is -2.13. The summed E-state index contributed by atoms with van der Waals surface area (Å²) in [4.78, 5) is 11.8. The summed E-state index contributed by atoms with van der Waals surface area (Å²) in [7, 11) is 0. The standard InChI is InChI=1S/C16H25N3O/c1-6-14(7-2)18-19-15(20)10-17-16-12(4)8-11(3)9-13(16)5/h8-9,17H,6-7,10H2,1-5H3,(H,19,20).